The smallest absolute Gasteiger partial charge is 0.183 e. The van der Waals surface area contributed by atoms with Gasteiger partial charge >= 0.3 is 0 Å². The second-order valence-electron chi connectivity index (χ2n) is 3.34. The van der Waals surface area contributed by atoms with Gasteiger partial charge in [0.2, 0.25) is 0 Å². The molecule has 0 unspecified atom stereocenters. The van der Waals surface area contributed by atoms with E-state index < -0.39 is 0 Å². The van der Waals surface area contributed by atoms with Gasteiger partial charge in [0, 0.05) is 42.3 Å². The number of methoxy groups -OCH3 is 1. The molecule has 2 aromatic rings. The summed E-state index contributed by atoms with van der Waals surface area (Å²) in [5.41, 5.74) is 1.07. The first-order valence-corrected chi connectivity index (χ1v) is 6.70. The first kappa shape index (κ1) is 12.5. The van der Waals surface area contributed by atoms with Crippen LogP contribution in [0.1, 0.15) is 0 Å². The van der Waals surface area contributed by atoms with E-state index >= 15 is 0 Å². The highest BCUT2D eigenvalue weighted by molar-refractivity contribution is 9.10. The van der Waals surface area contributed by atoms with Gasteiger partial charge < -0.3 is 10.1 Å². The van der Waals surface area contributed by atoms with Gasteiger partial charge in [-0.3, -0.25) is 4.98 Å². The Labute approximate surface area is 112 Å². The molecule has 0 aliphatic carbocycles. The lowest BCUT2D eigenvalue weighted by Gasteiger charge is -1.99. The number of nitrogens with zero attached hydrogens (tertiary/aromatic N) is 2. The number of pyridine rings is 1. The molecule has 0 atom stereocenters. The largest absolute Gasteiger partial charge is 0.383 e. The molecule has 0 radical (unpaired) electrons. The average molecular weight is 314 g/mol. The van der Waals surface area contributed by atoms with Gasteiger partial charge in [-0.25, -0.2) is 4.98 Å². The average Bonchev–Trinajstić information content (AvgIpc) is 2.78. The van der Waals surface area contributed by atoms with Gasteiger partial charge in [0.25, 0.3) is 0 Å². The molecule has 2 rings (SSSR count). The van der Waals surface area contributed by atoms with Crippen LogP contribution in [0.15, 0.2) is 29.1 Å². The van der Waals surface area contributed by atoms with Crippen molar-refractivity contribution in [3.8, 4) is 10.4 Å². The first-order valence-electron chi connectivity index (χ1n) is 5.09. The van der Waals surface area contributed by atoms with Crippen LogP contribution >= 0.6 is 27.3 Å². The molecule has 0 spiro atoms. The van der Waals surface area contributed by atoms with Crippen molar-refractivity contribution in [1.82, 2.24) is 9.97 Å². The topological polar surface area (TPSA) is 47.0 Å². The summed E-state index contributed by atoms with van der Waals surface area (Å²) in [5, 5.41) is 4.10. The first-order chi connectivity index (χ1) is 8.29. The molecule has 0 aromatic carbocycles. The highest BCUT2D eigenvalue weighted by Crippen LogP contribution is 2.29. The van der Waals surface area contributed by atoms with Gasteiger partial charge in [-0.05, 0) is 22.0 Å². The maximum Gasteiger partial charge on any atom is 0.183 e. The van der Waals surface area contributed by atoms with Crippen molar-refractivity contribution in [2.45, 2.75) is 0 Å². The second kappa shape index (κ2) is 6.09. The second-order valence-corrected chi connectivity index (χ2v) is 5.29. The molecule has 6 heteroatoms. The number of rotatable bonds is 5. The summed E-state index contributed by atoms with van der Waals surface area (Å²) < 4.78 is 5.94. The number of thiazole rings is 1. The monoisotopic (exact) mass is 313 g/mol. The Kier molecular flexibility index (Phi) is 4.47. The summed E-state index contributed by atoms with van der Waals surface area (Å²) >= 11 is 5.01. The Morgan fingerprint density at radius 3 is 3.06 bits per heavy atom. The minimum absolute atomic E-state index is 0.674. The van der Waals surface area contributed by atoms with E-state index in [1.54, 1.807) is 24.6 Å². The summed E-state index contributed by atoms with van der Waals surface area (Å²) in [6, 6.07) is 2.03. The zero-order chi connectivity index (χ0) is 12.1. The Morgan fingerprint density at radius 1 is 1.41 bits per heavy atom. The summed E-state index contributed by atoms with van der Waals surface area (Å²) in [6.07, 6.45) is 5.45. The van der Waals surface area contributed by atoms with Gasteiger partial charge in [0.1, 0.15) is 0 Å². The van der Waals surface area contributed by atoms with Crippen molar-refractivity contribution in [3.63, 3.8) is 0 Å². The minimum atomic E-state index is 0.674. The normalized spacial score (nSPS) is 10.5. The third kappa shape index (κ3) is 3.49. The molecule has 0 saturated heterocycles. The summed E-state index contributed by atoms with van der Waals surface area (Å²) in [5.74, 6) is 0. The summed E-state index contributed by atoms with van der Waals surface area (Å²) in [4.78, 5) is 9.54. The van der Waals surface area contributed by atoms with E-state index in [-0.39, 0.29) is 0 Å². The van der Waals surface area contributed by atoms with E-state index in [0.29, 0.717) is 6.61 Å². The van der Waals surface area contributed by atoms with Gasteiger partial charge in [-0.15, -0.1) is 0 Å². The van der Waals surface area contributed by atoms with Crippen LogP contribution < -0.4 is 5.32 Å². The van der Waals surface area contributed by atoms with E-state index in [2.05, 4.69) is 31.2 Å². The lowest BCUT2D eigenvalue weighted by molar-refractivity contribution is 0.211. The number of halogens is 1. The molecule has 90 valence electrons. The van der Waals surface area contributed by atoms with Crippen LogP contribution in [0, 0.1) is 0 Å². The quantitative estimate of drug-likeness (QED) is 0.862. The lowest BCUT2D eigenvalue weighted by Crippen LogP contribution is -2.06. The van der Waals surface area contributed by atoms with Crippen LogP contribution in [0.4, 0.5) is 5.13 Å². The molecule has 0 fully saturated rings. The molecule has 0 aliphatic heterocycles. The third-order valence-electron chi connectivity index (χ3n) is 2.08. The Balaban J connectivity index is 2.07. The van der Waals surface area contributed by atoms with Gasteiger partial charge in [-0.1, -0.05) is 11.3 Å². The van der Waals surface area contributed by atoms with Crippen LogP contribution in [0.5, 0.6) is 0 Å². The van der Waals surface area contributed by atoms with Crippen molar-refractivity contribution >= 4 is 32.4 Å². The highest BCUT2D eigenvalue weighted by Gasteiger charge is 2.04. The van der Waals surface area contributed by atoms with Crippen molar-refractivity contribution in [3.05, 3.63) is 29.1 Å². The lowest BCUT2D eigenvalue weighted by atomic mass is 10.3. The van der Waals surface area contributed by atoms with Crippen molar-refractivity contribution in [1.29, 1.82) is 0 Å². The number of nitrogens with one attached hydrogen (secondary N) is 1. The number of anilines is 1. The van der Waals surface area contributed by atoms with Crippen molar-refractivity contribution < 1.29 is 4.74 Å². The third-order valence-corrected chi connectivity index (χ3v) is 3.52. The number of hydrogen-bond donors (Lipinski definition) is 1. The Hall–Kier alpha value is -0.980. The Morgan fingerprint density at radius 2 is 2.29 bits per heavy atom. The van der Waals surface area contributed by atoms with Gasteiger partial charge in [0.15, 0.2) is 5.13 Å². The highest BCUT2D eigenvalue weighted by atomic mass is 79.9. The predicted molar refractivity (Wildman–Crippen MR) is 73.4 cm³/mol. The van der Waals surface area contributed by atoms with Gasteiger partial charge in [0.05, 0.1) is 11.5 Å². The minimum Gasteiger partial charge on any atom is -0.383 e. The molecule has 0 saturated carbocycles. The molecule has 17 heavy (non-hydrogen) atoms. The van der Waals surface area contributed by atoms with Crippen LogP contribution in [0.3, 0.4) is 0 Å². The van der Waals surface area contributed by atoms with Gasteiger partial charge in [-0.2, -0.15) is 0 Å². The molecule has 2 heterocycles. The van der Waals surface area contributed by atoms with E-state index in [9.17, 15) is 0 Å². The zero-order valence-corrected chi connectivity index (χ0v) is 11.7. The SMILES string of the molecule is COCCNc1ncc(-c2cncc(Br)c2)s1. The van der Waals surface area contributed by atoms with E-state index in [1.807, 2.05) is 18.5 Å². The predicted octanol–water partition coefficient (Wildman–Crippen LogP) is 3.03. The van der Waals surface area contributed by atoms with Crippen LogP contribution in [0.2, 0.25) is 0 Å². The van der Waals surface area contributed by atoms with Crippen molar-refractivity contribution in [2.24, 2.45) is 0 Å². The fraction of sp³-hybridized carbons (Fsp3) is 0.273. The molecule has 0 bridgehead atoms. The molecule has 4 nitrogen and oxygen atoms in total. The molecule has 1 N–H and O–H groups in total. The fourth-order valence-electron chi connectivity index (χ4n) is 1.30. The standard InChI is InChI=1S/C11H12BrN3OS/c1-16-3-2-14-11-15-7-10(17-11)8-4-9(12)6-13-5-8/h4-7H,2-3H2,1H3,(H,14,15). The molecule has 0 aliphatic rings. The molecular formula is C11H12BrN3OS. The van der Waals surface area contributed by atoms with Crippen molar-refractivity contribution in [2.75, 3.05) is 25.6 Å². The van der Waals surface area contributed by atoms with E-state index in [1.165, 1.54) is 0 Å². The molecule has 2 aromatic heterocycles. The maximum atomic E-state index is 4.97. The van der Waals surface area contributed by atoms with Crippen LogP contribution in [0.25, 0.3) is 10.4 Å². The summed E-state index contributed by atoms with van der Waals surface area (Å²) in [7, 11) is 1.68. The zero-order valence-electron chi connectivity index (χ0n) is 9.31. The number of hydrogen-bond acceptors (Lipinski definition) is 5. The maximum absolute atomic E-state index is 4.97. The van der Waals surface area contributed by atoms with E-state index in [0.717, 1.165) is 26.6 Å². The molecule has 0 amide bonds. The number of aromatic nitrogens is 2. The van der Waals surface area contributed by atoms with E-state index in [4.69, 9.17) is 4.74 Å². The molecular weight excluding hydrogens is 302 g/mol. The summed E-state index contributed by atoms with van der Waals surface area (Å²) in [6.45, 7) is 1.44. The van der Waals surface area contributed by atoms with Crippen LogP contribution in [-0.2, 0) is 4.74 Å². The Bertz CT molecular complexity index is 489. The number of ether oxygens (including phenoxy) is 1. The van der Waals surface area contributed by atoms with Crippen LogP contribution in [-0.4, -0.2) is 30.2 Å². The fourth-order valence-corrected chi connectivity index (χ4v) is 2.48.